The van der Waals surface area contributed by atoms with Gasteiger partial charge in [0, 0.05) is 12.4 Å². The summed E-state index contributed by atoms with van der Waals surface area (Å²) in [5, 5.41) is 17.6. The molecule has 3 aromatic rings. The number of hydrogen-bond donors (Lipinski definition) is 3. The van der Waals surface area contributed by atoms with Crippen LogP contribution in [0.2, 0.25) is 5.15 Å². The number of benzene rings is 1. The molecule has 0 saturated heterocycles. The zero-order chi connectivity index (χ0) is 23.5. The number of allylic oxidation sites excluding steroid dienone is 1. The van der Waals surface area contributed by atoms with E-state index in [0.717, 1.165) is 5.46 Å². The molecule has 1 aromatic carbocycles. The Bertz CT molecular complexity index is 1160. The highest BCUT2D eigenvalue weighted by molar-refractivity contribution is 6.53. The molecule has 11 heteroatoms. The standard InChI is InChI=1S/C21H25BClFN6O2/c1-20(2,31)21(3,4)32-22-14-11-30(19-17(14)18(23)27-12-28-19)10-13(29-25)9-26-16-8-6-5-7-15(16)24/h5-9,11-12,22,25-26,31H,10H2,1-4H3/b13-9-,29-25?. The molecule has 0 aliphatic rings. The minimum absolute atomic E-state index is 0.165. The summed E-state index contributed by atoms with van der Waals surface area (Å²) in [5.74, 6) is -0.409. The predicted molar refractivity (Wildman–Crippen MR) is 124 cm³/mol. The van der Waals surface area contributed by atoms with Crippen LogP contribution in [0, 0.1) is 11.3 Å². The number of fused-ring (bicyclic) bond motifs is 1. The molecule has 2 aromatic heterocycles. The number of aromatic nitrogens is 3. The normalized spacial score (nSPS) is 12.8. The van der Waals surface area contributed by atoms with Crippen molar-refractivity contribution >= 4 is 41.3 Å². The van der Waals surface area contributed by atoms with Crippen molar-refractivity contribution in [2.24, 2.45) is 5.11 Å². The number of para-hydroxylation sites is 1. The average molecular weight is 459 g/mol. The van der Waals surface area contributed by atoms with Gasteiger partial charge in [0.05, 0.1) is 34.5 Å². The Morgan fingerprint density at radius 3 is 2.72 bits per heavy atom. The van der Waals surface area contributed by atoms with Crippen molar-refractivity contribution < 1.29 is 14.2 Å². The van der Waals surface area contributed by atoms with Gasteiger partial charge in [-0.1, -0.05) is 23.7 Å². The molecule has 0 spiro atoms. The smallest absolute Gasteiger partial charge is 0.311 e. The van der Waals surface area contributed by atoms with E-state index in [1.165, 1.54) is 18.6 Å². The minimum Gasteiger partial charge on any atom is -0.427 e. The van der Waals surface area contributed by atoms with E-state index in [9.17, 15) is 9.50 Å². The zero-order valence-corrected chi connectivity index (χ0v) is 19.1. The second-order valence-corrected chi connectivity index (χ2v) is 8.73. The molecule has 0 amide bonds. The molecule has 32 heavy (non-hydrogen) atoms. The number of rotatable bonds is 9. The molecule has 0 radical (unpaired) electrons. The van der Waals surface area contributed by atoms with E-state index in [4.69, 9.17) is 21.8 Å². The molecule has 2 heterocycles. The highest BCUT2D eigenvalue weighted by Crippen LogP contribution is 2.25. The number of nitrogens with one attached hydrogen (secondary N) is 2. The SMILES string of the molecule is CC(C)(O)C(C)(C)OBc1cn(C/C(=C/Nc2ccccc2F)N=N)c2ncnc(Cl)c12. The van der Waals surface area contributed by atoms with Crippen LogP contribution in [0.15, 0.2) is 53.8 Å². The fraction of sp³-hybridized carbons (Fsp3) is 0.333. The van der Waals surface area contributed by atoms with Gasteiger partial charge in [-0.3, -0.25) is 0 Å². The van der Waals surface area contributed by atoms with E-state index in [2.05, 4.69) is 20.4 Å². The maximum atomic E-state index is 13.9. The molecule has 0 saturated carbocycles. The van der Waals surface area contributed by atoms with Gasteiger partial charge in [0.15, 0.2) is 0 Å². The molecule has 0 aliphatic carbocycles. The van der Waals surface area contributed by atoms with Gasteiger partial charge in [-0.25, -0.2) is 19.9 Å². The average Bonchev–Trinajstić information content (AvgIpc) is 3.08. The molecule has 0 aliphatic heterocycles. The lowest BCUT2D eigenvalue weighted by Crippen LogP contribution is -2.49. The number of aliphatic hydroxyl groups is 1. The topological polar surface area (TPSA) is 108 Å². The number of anilines is 1. The quantitative estimate of drug-likeness (QED) is 0.257. The molecular weight excluding hydrogens is 434 g/mol. The van der Waals surface area contributed by atoms with Crippen molar-refractivity contribution in [2.45, 2.75) is 45.4 Å². The van der Waals surface area contributed by atoms with Gasteiger partial charge < -0.3 is 19.6 Å². The molecule has 3 N–H and O–H groups in total. The third-order valence-electron chi connectivity index (χ3n) is 5.49. The van der Waals surface area contributed by atoms with E-state index in [-0.39, 0.29) is 24.9 Å². The molecule has 8 nitrogen and oxygen atoms in total. The first kappa shape index (κ1) is 23.8. The summed E-state index contributed by atoms with van der Waals surface area (Å²) in [6, 6.07) is 6.23. The Kier molecular flexibility index (Phi) is 6.97. The molecule has 0 unspecified atom stereocenters. The Hall–Kier alpha value is -2.82. The molecule has 0 fully saturated rings. The fourth-order valence-corrected chi connectivity index (χ4v) is 3.10. The summed E-state index contributed by atoms with van der Waals surface area (Å²) < 4.78 is 21.6. The summed E-state index contributed by atoms with van der Waals surface area (Å²) in [6.45, 7) is 7.16. The lowest BCUT2D eigenvalue weighted by molar-refractivity contribution is -0.0893. The predicted octanol–water partition coefficient (Wildman–Crippen LogP) is 3.75. The number of halogens is 2. The largest absolute Gasteiger partial charge is 0.427 e. The first-order valence-corrected chi connectivity index (χ1v) is 10.3. The highest BCUT2D eigenvalue weighted by atomic mass is 35.5. The van der Waals surface area contributed by atoms with Gasteiger partial charge >= 0.3 is 7.48 Å². The minimum atomic E-state index is -1.07. The van der Waals surface area contributed by atoms with Crippen molar-refractivity contribution in [1.82, 2.24) is 14.5 Å². The van der Waals surface area contributed by atoms with E-state index in [1.54, 1.807) is 56.7 Å². The Morgan fingerprint density at radius 2 is 2.06 bits per heavy atom. The van der Waals surface area contributed by atoms with Crippen LogP contribution in [0.25, 0.3) is 11.0 Å². The number of nitrogens with zero attached hydrogens (tertiary/aromatic N) is 4. The van der Waals surface area contributed by atoms with Crippen molar-refractivity contribution in [2.75, 3.05) is 5.32 Å². The summed E-state index contributed by atoms with van der Waals surface area (Å²) in [7, 11) is 0.165. The molecule has 0 atom stereocenters. The lowest BCUT2D eigenvalue weighted by Gasteiger charge is -2.37. The Morgan fingerprint density at radius 1 is 1.34 bits per heavy atom. The summed E-state index contributed by atoms with van der Waals surface area (Å²) in [4.78, 5) is 8.39. The zero-order valence-electron chi connectivity index (χ0n) is 18.4. The van der Waals surface area contributed by atoms with E-state index in [0.29, 0.717) is 16.7 Å². The van der Waals surface area contributed by atoms with E-state index >= 15 is 0 Å². The van der Waals surface area contributed by atoms with Gasteiger partial charge in [-0.15, -0.1) is 0 Å². The molecule has 3 rings (SSSR count). The maximum Gasteiger partial charge on any atom is 0.311 e. The second kappa shape index (κ2) is 9.36. The maximum absolute atomic E-state index is 13.9. The third-order valence-corrected chi connectivity index (χ3v) is 5.78. The van der Waals surface area contributed by atoms with Crippen LogP contribution in [-0.4, -0.2) is 38.3 Å². The van der Waals surface area contributed by atoms with E-state index in [1.807, 2.05) is 0 Å². The monoisotopic (exact) mass is 458 g/mol. The summed E-state index contributed by atoms with van der Waals surface area (Å²) >= 11 is 6.35. The van der Waals surface area contributed by atoms with Crippen molar-refractivity contribution in [3.63, 3.8) is 0 Å². The lowest BCUT2D eigenvalue weighted by atomic mass is 9.83. The van der Waals surface area contributed by atoms with Gasteiger partial charge in [0.25, 0.3) is 0 Å². The Labute approximate surface area is 191 Å². The first-order valence-electron chi connectivity index (χ1n) is 9.95. The van der Waals surface area contributed by atoms with E-state index < -0.39 is 17.0 Å². The van der Waals surface area contributed by atoms with Crippen LogP contribution in [0.3, 0.4) is 0 Å². The van der Waals surface area contributed by atoms with Gasteiger partial charge in [-0.2, -0.15) is 5.11 Å². The van der Waals surface area contributed by atoms with Crippen LogP contribution in [0.5, 0.6) is 0 Å². The molecule has 0 bridgehead atoms. The first-order chi connectivity index (χ1) is 15.0. The van der Waals surface area contributed by atoms with Gasteiger partial charge in [0.1, 0.15) is 22.9 Å². The highest BCUT2D eigenvalue weighted by Gasteiger charge is 2.36. The number of hydrogen-bond acceptors (Lipinski definition) is 7. The summed E-state index contributed by atoms with van der Waals surface area (Å²) in [5.41, 5.74) is 7.52. The van der Waals surface area contributed by atoms with Crippen LogP contribution in [-0.2, 0) is 11.2 Å². The van der Waals surface area contributed by atoms with Crippen LogP contribution < -0.4 is 10.8 Å². The fourth-order valence-electron chi connectivity index (χ4n) is 2.86. The van der Waals surface area contributed by atoms with Crippen molar-refractivity contribution in [1.29, 1.82) is 5.53 Å². The van der Waals surface area contributed by atoms with Crippen LogP contribution in [0.1, 0.15) is 27.7 Å². The van der Waals surface area contributed by atoms with Crippen molar-refractivity contribution in [3.8, 4) is 0 Å². The molecule has 168 valence electrons. The summed E-state index contributed by atoms with van der Waals surface area (Å²) in [6.07, 6.45) is 4.62. The van der Waals surface area contributed by atoms with Gasteiger partial charge in [-0.05, 0) is 45.3 Å². The van der Waals surface area contributed by atoms with Crippen LogP contribution in [0.4, 0.5) is 10.1 Å². The van der Waals surface area contributed by atoms with Crippen LogP contribution >= 0.6 is 11.6 Å². The Balaban J connectivity index is 1.90. The van der Waals surface area contributed by atoms with Crippen molar-refractivity contribution in [3.05, 3.63) is 59.7 Å². The van der Waals surface area contributed by atoms with Gasteiger partial charge in [0.2, 0.25) is 0 Å². The molecular formula is C21H25BClFN6O2. The second-order valence-electron chi connectivity index (χ2n) is 8.37. The third kappa shape index (κ3) is 5.15.